The molecule has 1 N–H and O–H groups in total. The number of aliphatic carboxylic acids is 1. The number of hydrogen-bond donors (Lipinski definition) is 1. The van der Waals surface area contributed by atoms with Gasteiger partial charge in [-0.05, 0) is 33.6 Å². The molecule has 6 heteroatoms. The summed E-state index contributed by atoms with van der Waals surface area (Å²) in [7, 11) is 0. The van der Waals surface area contributed by atoms with Crippen LogP contribution in [0.1, 0.15) is 40.0 Å². The lowest BCUT2D eigenvalue weighted by Crippen LogP contribution is -2.46. The van der Waals surface area contributed by atoms with Crippen molar-refractivity contribution < 1.29 is 23.8 Å². The fourth-order valence-corrected chi connectivity index (χ4v) is 2.28. The molecular formula is C14H22FNO4. The minimum atomic E-state index is -1.07. The molecule has 0 bridgehead atoms. The Bertz CT molecular complexity index is 406. The molecule has 114 valence electrons. The minimum Gasteiger partial charge on any atom is -0.481 e. The lowest BCUT2D eigenvalue weighted by atomic mass is 9.75. The fraction of sp³-hybridized carbons (Fsp3) is 0.714. The Morgan fingerprint density at radius 1 is 1.35 bits per heavy atom. The average Bonchev–Trinajstić information content (AvgIpc) is 2.26. The van der Waals surface area contributed by atoms with Crippen LogP contribution >= 0.6 is 0 Å². The molecule has 1 rings (SSSR count). The number of amides is 1. The molecule has 20 heavy (non-hydrogen) atoms. The van der Waals surface area contributed by atoms with Crippen molar-refractivity contribution in [3.63, 3.8) is 0 Å². The first-order valence-electron chi connectivity index (χ1n) is 6.60. The fourth-order valence-electron chi connectivity index (χ4n) is 2.28. The molecule has 0 aromatic heterocycles. The van der Waals surface area contributed by atoms with Gasteiger partial charge in [0.25, 0.3) is 0 Å². The first kappa shape index (κ1) is 16.5. The van der Waals surface area contributed by atoms with Gasteiger partial charge in [0.15, 0.2) is 0 Å². The molecule has 1 aliphatic rings. The lowest BCUT2D eigenvalue weighted by molar-refractivity contribution is -0.140. The van der Waals surface area contributed by atoms with Gasteiger partial charge in [-0.2, -0.15) is 0 Å². The van der Waals surface area contributed by atoms with Crippen LogP contribution in [-0.4, -0.2) is 40.8 Å². The van der Waals surface area contributed by atoms with Crippen molar-refractivity contribution in [3.05, 3.63) is 12.4 Å². The molecule has 5 nitrogen and oxygen atoms in total. The van der Waals surface area contributed by atoms with E-state index >= 15 is 0 Å². The number of allylic oxidation sites excluding steroid dienone is 1. The second kappa shape index (κ2) is 5.81. The van der Waals surface area contributed by atoms with E-state index in [4.69, 9.17) is 9.84 Å². The number of rotatable bonds is 3. The number of carbonyl (C=O) groups is 2. The SMILES string of the molecule is C=C(F)C1(CC(=O)O)CCN(C(=O)OC(C)(C)C)CC1. The third kappa shape index (κ3) is 4.21. The van der Waals surface area contributed by atoms with E-state index < -0.39 is 28.9 Å². The van der Waals surface area contributed by atoms with Gasteiger partial charge in [0.05, 0.1) is 12.2 Å². The van der Waals surface area contributed by atoms with Crippen molar-refractivity contribution in [2.24, 2.45) is 5.41 Å². The Labute approximate surface area is 118 Å². The first-order valence-corrected chi connectivity index (χ1v) is 6.60. The Kier molecular flexibility index (Phi) is 4.78. The Morgan fingerprint density at radius 3 is 2.20 bits per heavy atom. The molecule has 1 aliphatic heterocycles. The Morgan fingerprint density at radius 2 is 1.85 bits per heavy atom. The van der Waals surface area contributed by atoms with Crippen LogP contribution in [0.3, 0.4) is 0 Å². The van der Waals surface area contributed by atoms with Crippen molar-refractivity contribution in [2.45, 2.75) is 45.6 Å². The maximum absolute atomic E-state index is 13.6. The topological polar surface area (TPSA) is 66.8 Å². The zero-order valence-electron chi connectivity index (χ0n) is 12.2. The van der Waals surface area contributed by atoms with Crippen LogP contribution < -0.4 is 0 Å². The summed E-state index contributed by atoms with van der Waals surface area (Å²) in [4.78, 5) is 24.2. The summed E-state index contributed by atoms with van der Waals surface area (Å²) in [6.07, 6.45) is -0.266. The maximum Gasteiger partial charge on any atom is 0.410 e. The second-order valence-electron chi connectivity index (χ2n) is 6.22. The highest BCUT2D eigenvalue weighted by atomic mass is 19.1. The number of nitrogens with zero attached hydrogens (tertiary/aromatic N) is 1. The molecule has 0 atom stereocenters. The van der Waals surface area contributed by atoms with Gasteiger partial charge in [-0.15, -0.1) is 0 Å². The van der Waals surface area contributed by atoms with Crippen molar-refractivity contribution in [1.82, 2.24) is 4.90 Å². The van der Waals surface area contributed by atoms with Gasteiger partial charge in [-0.25, -0.2) is 9.18 Å². The predicted molar refractivity (Wildman–Crippen MR) is 72.0 cm³/mol. The van der Waals surface area contributed by atoms with Crippen LogP contribution in [0.5, 0.6) is 0 Å². The van der Waals surface area contributed by atoms with Gasteiger partial charge >= 0.3 is 12.1 Å². The zero-order chi connectivity index (χ0) is 15.6. The molecule has 0 aliphatic carbocycles. The predicted octanol–water partition coefficient (Wildman–Crippen LogP) is 2.96. The van der Waals surface area contributed by atoms with Gasteiger partial charge in [-0.1, -0.05) is 6.58 Å². The number of carbonyl (C=O) groups excluding carboxylic acids is 1. The van der Waals surface area contributed by atoms with E-state index in [2.05, 4.69) is 6.58 Å². The number of hydrogen-bond acceptors (Lipinski definition) is 3. The molecule has 0 aromatic rings. The number of ether oxygens (including phenoxy) is 1. The minimum absolute atomic E-state index is 0.244. The quantitative estimate of drug-likeness (QED) is 0.866. The molecule has 0 aromatic carbocycles. The highest BCUT2D eigenvalue weighted by Gasteiger charge is 2.41. The summed E-state index contributed by atoms with van der Waals surface area (Å²) in [5.41, 5.74) is -1.65. The summed E-state index contributed by atoms with van der Waals surface area (Å²) in [6.45, 7) is 9.12. The summed E-state index contributed by atoms with van der Waals surface area (Å²) in [5.74, 6) is -1.68. The van der Waals surface area contributed by atoms with E-state index in [-0.39, 0.29) is 32.4 Å². The molecule has 0 radical (unpaired) electrons. The van der Waals surface area contributed by atoms with Crippen LogP contribution in [0.25, 0.3) is 0 Å². The van der Waals surface area contributed by atoms with Gasteiger partial charge in [0.1, 0.15) is 5.60 Å². The normalized spacial score (nSPS) is 18.5. The first-order chi connectivity index (χ1) is 9.06. The third-order valence-corrected chi connectivity index (χ3v) is 3.44. The standard InChI is InChI=1S/C14H22FNO4/c1-10(15)14(9-11(17)18)5-7-16(8-6-14)12(19)20-13(2,3)4/h1,5-9H2,2-4H3,(H,17,18). The number of likely N-dealkylation sites (tertiary alicyclic amines) is 1. The largest absolute Gasteiger partial charge is 0.481 e. The summed E-state index contributed by atoms with van der Waals surface area (Å²) in [5, 5.41) is 8.89. The number of carboxylic acid groups (broad SMARTS) is 1. The van der Waals surface area contributed by atoms with E-state index in [1.165, 1.54) is 4.90 Å². The van der Waals surface area contributed by atoms with E-state index in [0.717, 1.165) is 0 Å². The van der Waals surface area contributed by atoms with Gasteiger partial charge < -0.3 is 14.7 Å². The summed E-state index contributed by atoms with van der Waals surface area (Å²) in [6, 6.07) is 0. The molecule has 1 amide bonds. The van der Waals surface area contributed by atoms with Crippen LogP contribution in [0.15, 0.2) is 12.4 Å². The van der Waals surface area contributed by atoms with Gasteiger partial charge in [0, 0.05) is 18.5 Å². The Hall–Kier alpha value is -1.59. The average molecular weight is 287 g/mol. The van der Waals surface area contributed by atoms with Crippen molar-refractivity contribution in [3.8, 4) is 0 Å². The zero-order valence-corrected chi connectivity index (χ0v) is 12.2. The number of piperidine rings is 1. The molecular weight excluding hydrogens is 265 g/mol. The van der Waals surface area contributed by atoms with E-state index in [1.54, 1.807) is 20.8 Å². The third-order valence-electron chi connectivity index (χ3n) is 3.44. The Balaban J connectivity index is 2.67. The highest BCUT2D eigenvalue weighted by molar-refractivity contribution is 5.69. The lowest BCUT2D eigenvalue weighted by Gasteiger charge is -2.40. The highest BCUT2D eigenvalue weighted by Crippen LogP contribution is 2.42. The van der Waals surface area contributed by atoms with Gasteiger partial charge in [0.2, 0.25) is 0 Å². The van der Waals surface area contributed by atoms with Crippen molar-refractivity contribution in [1.29, 1.82) is 0 Å². The molecule has 0 saturated carbocycles. The molecule has 1 heterocycles. The molecule has 0 unspecified atom stereocenters. The molecule has 1 saturated heterocycles. The molecule has 0 spiro atoms. The number of carboxylic acids is 1. The monoisotopic (exact) mass is 287 g/mol. The van der Waals surface area contributed by atoms with E-state index in [9.17, 15) is 14.0 Å². The molecule has 1 fully saturated rings. The van der Waals surface area contributed by atoms with E-state index in [0.29, 0.717) is 0 Å². The van der Waals surface area contributed by atoms with Gasteiger partial charge in [-0.3, -0.25) is 4.79 Å². The van der Waals surface area contributed by atoms with Crippen LogP contribution in [-0.2, 0) is 9.53 Å². The van der Waals surface area contributed by atoms with E-state index in [1.807, 2.05) is 0 Å². The van der Waals surface area contributed by atoms with Crippen LogP contribution in [0.2, 0.25) is 0 Å². The van der Waals surface area contributed by atoms with Crippen molar-refractivity contribution in [2.75, 3.05) is 13.1 Å². The van der Waals surface area contributed by atoms with Crippen molar-refractivity contribution >= 4 is 12.1 Å². The summed E-state index contributed by atoms with van der Waals surface area (Å²) < 4.78 is 18.9. The van der Waals surface area contributed by atoms with Crippen LogP contribution in [0, 0.1) is 5.41 Å². The smallest absolute Gasteiger partial charge is 0.410 e. The maximum atomic E-state index is 13.6. The summed E-state index contributed by atoms with van der Waals surface area (Å²) >= 11 is 0. The number of halogens is 1. The second-order valence-corrected chi connectivity index (χ2v) is 6.22. The van der Waals surface area contributed by atoms with Crippen LogP contribution in [0.4, 0.5) is 9.18 Å².